The molecule has 2 amide bonds. The number of rotatable bonds is 6. The van der Waals surface area contributed by atoms with Gasteiger partial charge in [0.05, 0.1) is 17.8 Å². The number of hydrogen-bond acceptors (Lipinski definition) is 7. The van der Waals surface area contributed by atoms with Crippen LogP contribution < -0.4 is 4.90 Å². The van der Waals surface area contributed by atoms with Crippen LogP contribution in [0.25, 0.3) is 0 Å². The Labute approximate surface area is 213 Å². The van der Waals surface area contributed by atoms with Gasteiger partial charge in [-0.05, 0) is 39.8 Å². The fourth-order valence-electron chi connectivity index (χ4n) is 3.64. The second-order valence-electron chi connectivity index (χ2n) is 9.38. The van der Waals surface area contributed by atoms with E-state index in [2.05, 4.69) is 9.97 Å². The number of aryl methyl sites for hydroxylation is 1. The Morgan fingerprint density at radius 1 is 1.19 bits per heavy atom. The highest BCUT2D eigenvalue weighted by Gasteiger charge is 2.28. The van der Waals surface area contributed by atoms with Gasteiger partial charge in [0.25, 0.3) is 5.91 Å². The van der Waals surface area contributed by atoms with Gasteiger partial charge in [-0.25, -0.2) is 19.2 Å². The van der Waals surface area contributed by atoms with Crippen molar-refractivity contribution in [2.24, 2.45) is 0 Å². The van der Waals surface area contributed by atoms with Crippen molar-refractivity contribution in [2.75, 3.05) is 37.6 Å². The molecule has 2 aromatic rings. The number of hydrogen-bond donors (Lipinski definition) is 1. The highest BCUT2D eigenvalue weighted by Crippen LogP contribution is 2.23. The lowest BCUT2D eigenvalue weighted by Crippen LogP contribution is -2.50. The average molecular weight is 522 g/mol. The average Bonchev–Trinajstić information content (AvgIpc) is 2.79. The van der Waals surface area contributed by atoms with Crippen LogP contribution in [0.1, 0.15) is 42.4 Å². The smallest absolute Gasteiger partial charge is 0.410 e. The molecule has 0 saturated carbocycles. The summed E-state index contributed by atoms with van der Waals surface area (Å²) in [5.41, 5.74) is -0.121. The summed E-state index contributed by atoms with van der Waals surface area (Å²) in [4.78, 5) is 50.1. The largest absolute Gasteiger partial charge is 0.480 e. The summed E-state index contributed by atoms with van der Waals surface area (Å²) in [5.74, 6) is -2.17. The van der Waals surface area contributed by atoms with Crippen LogP contribution >= 0.6 is 11.6 Å². The molecule has 1 fully saturated rings. The van der Waals surface area contributed by atoms with Gasteiger partial charge in [-0.2, -0.15) is 0 Å². The van der Waals surface area contributed by atoms with Crippen molar-refractivity contribution in [3.05, 3.63) is 52.1 Å². The number of carbonyl (C=O) groups is 3. The molecular weight excluding hydrogens is 493 g/mol. The van der Waals surface area contributed by atoms with E-state index in [0.717, 1.165) is 4.90 Å². The molecule has 12 heteroatoms. The first-order valence-electron chi connectivity index (χ1n) is 11.4. The Hall–Kier alpha value is -3.47. The normalized spacial score (nSPS) is 13.9. The lowest BCUT2D eigenvalue weighted by Gasteiger charge is -2.35. The molecule has 1 aromatic heterocycles. The monoisotopic (exact) mass is 521 g/mol. The van der Waals surface area contributed by atoms with Gasteiger partial charge in [-0.3, -0.25) is 9.59 Å². The van der Waals surface area contributed by atoms with Crippen LogP contribution in [0.4, 0.5) is 15.1 Å². The van der Waals surface area contributed by atoms with Crippen molar-refractivity contribution in [3.8, 4) is 0 Å². The first-order chi connectivity index (χ1) is 16.9. The first kappa shape index (κ1) is 27.1. The standard InChI is InChI=1S/C24H29ClFN5O5/c1-15-16(21(34)31(14-20(32)33)13-17-18(25)6-5-7-19(17)26)12-27-22(28-15)29-8-10-30(11-9-29)23(35)36-24(2,3)4/h5-7,12H,8-11,13-14H2,1-4H3,(H,32,33). The lowest BCUT2D eigenvalue weighted by molar-refractivity contribution is -0.137. The third-order valence-corrected chi connectivity index (χ3v) is 5.79. The van der Waals surface area contributed by atoms with E-state index in [-0.39, 0.29) is 28.8 Å². The zero-order valence-electron chi connectivity index (χ0n) is 20.6. The summed E-state index contributed by atoms with van der Waals surface area (Å²) >= 11 is 6.07. The summed E-state index contributed by atoms with van der Waals surface area (Å²) in [6.45, 7) is 7.86. The minimum atomic E-state index is -1.26. The predicted octanol–water partition coefficient (Wildman–Crippen LogP) is 3.36. The van der Waals surface area contributed by atoms with E-state index < -0.39 is 29.8 Å². The number of anilines is 1. The summed E-state index contributed by atoms with van der Waals surface area (Å²) in [5, 5.41) is 9.40. The van der Waals surface area contributed by atoms with Crippen molar-refractivity contribution in [3.63, 3.8) is 0 Å². The number of benzene rings is 1. The summed E-state index contributed by atoms with van der Waals surface area (Å²) in [6, 6.07) is 4.08. The zero-order valence-corrected chi connectivity index (χ0v) is 21.4. The maximum Gasteiger partial charge on any atom is 0.410 e. The molecule has 0 unspecified atom stereocenters. The molecular formula is C24H29ClFN5O5. The summed E-state index contributed by atoms with van der Waals surface area (Å²) in [7, 11) is 0. The molecule has 1 saturated heterocycles. The number of piperazine rings is 1. The van der Waals surface area contributed by atoms with Crippen LogP contribution in [0, 0.1) is 12.7 Å². The van der Waals surface area contributed by atoms with Crippen LogP contribution in [0.15, 0.2) is 24.4 Å². The maximum absolute atomic E-state index is 14.3. The van der Waals surface area contributed by atoms with E-state index in [4.69, 9.17) is 16.3 Å². The van der Waals surface area contributed by atoms with E-state index in [1.807, 2.05) is 25.7 Å². The number of nitrogens with zero attached hydrogens (tertiary/aromatic N) is 5. The molecule has 0 spiro atoms. The maximum atomic E-state index is 14.3. The Balaban J connectivity index is 1.73. The highest BCUT2D eigenvalue weighted by atomic mass is 35.5. The summed E-state index contributed by atoms with van der Waals surface area (Å²) < 4.78 is 19.7. The van der Waals surface area contributed by atoms with Gasteiger partial charge in [-0.1, -0.05) is 17.7 Å². The fourth-order valence-corrected chi connectivity index (χ4v) is 3.86. The summed E-state index contributed by atoms with van der Waals surface area (Å²) in [6.07, 6.45) is 0.951. The molecule has 36 heavy (non-hydrogen) atoms. The van der Waals surface area contributed by atoms with Crippen molar-refractivity contribution in [1.29, 1.82) is 0 Å². The van der Waals surface area contributed by atoms with E-state index in [1.54, 1.807) is 11.8 Å². The van der Waals surface area contributed by atoms with E-state index in [9.17, 15) is 23.9 Å². The molecule has 0 radical (unpaired) electrons. The van der Waals surface area contributed by atoms with Gasteiger partial charge in [0.15, 0.2) is 0 Å². The Bertz CT molecular complexity index is 1130. The molecule has 1 aliphatic rings. The third kappa shape index (κ3) is 6.81. The zero-order chi connectivity index (χ0) is 26.6. The second kappa shape index (κ2) is 11.1. The van der Waals surface area contributed by atoms with Crippen LogP contribution in [-0.2, 0) is 16.1 Å². The van der Waals surface area contributed by atoms with E-state index in [0.29, 0.717) is 37.8 Å². The van der Waals surface area contributed by atoms with Crippen molar-refractivity contribution in [1.82, 2.24) is 19.8 Å². The van der Waals surface area contributed by atoms with Gasteiger partial charge in [-0.15, -0.1) is 0 Å². The highest BCUT2D eigenvalue weighted by molar-refractivity contribution is 6.31. The predicted molar refractivity (Wildman–Crippen MR) is 131 cm³/mol. The van der Waals surface area contributed by atoms with E-state index in [1.165, 1.54) is 24.4 Å². The second-order valence-corrected chi connectivity index (χ2v) is 9.79. The van der Waals surface area contributed by atoms with Crippen LogP contribution in [0.5, 0.6) is 0 Å². The quantitative estimate of drug-likeness (QED) is 0.615. The van der Waals surface area contributed by atoms with Crippen LogP contribution in [0.2, 0.25) is 5.02 Å². The minimum absolute atomic E-state index is 0.0202. The fraction of sp³-hybridized carbons (Fsp3) is 0.458. The van der Waals surface area contributed by atoms with Gasteiger partial charge >= 0.3 is 12.1 Å². The SMILES string of the molecule is Cc1nc(N2CCN(C(=O)OC(C)(C)C)CC2)ncc1C(=O)N(CC(=O)O)Cc1c(F)cccc1Cl. The van der Waals surface area contributed by atoms with Gasteiger partial charge in [0.1, 0.15) is 18.0 Å². The number of carboxylic acids is 1. The van der Waals surface area contributed by atoms with Crippen LogP contribution in [0.3, 0.4) is 0 Å². The molecule has 1 N–H and O–H groups in total. The Morgan fingerprint density at radius 2 is 1.86 bits per heavy atom. The van der Waals surface area contributed by atoms with Gasteiger partial charge in [0.2, 0.25) is 5.95 Å². The topological polar surface area (TPSA) is 116 Å². The number of carboxylic acid groups (broad SMARTS) is 1. The van der Waals surface area contributed by atoms with Crippen LogP contribution in [-0.4, -0.2) is 81.2 Å². The van der Waals surface area contributed by atoms with Gasteiger partial charge in [0, 0.05) is 43.0 Å². The molecule has 0 bridgehead atoms. The number of amides is 2. The molecule has 3 rings (SSSR count). The molecule has 1 aromatic carbocycles. The molecule has 2 heterocycles. The van der Waals surface area contributed by atoms with Crippen molar-refractivity contribution in [2.45, 2.75) is 39.8 Å². The molecule has 0 aliphatic carbocycles. The Morgan fingerprint density at radius 3 is 2.42 bits per heavy atom. The number of aromatic nitrogens is 2. The molecule has 194 valence electrons. The minimum Gasteiger partial charge on any atom is -0.480 e. The van der Waals surface area contributed by atoms with E-state index >= 15 is 0 Å². The van der Waals surface area contributed by atoms with Crippen molar-refractivity contribution < 1.29 is 28.6 Å². The molecule has 0 atom stereocenters. The molecule has 10 nitrogen and oxygen atoms in total. The number of carbonyl (C=O) groups excluding carboxylic acids is 2. The van der Waals surface area contributed by atoms with Gasteiger partial charge < -0.3 is 24.5 Å². The number of ether oxygens (including phenoxy) is 1. The van der Waals surface area contributed by atoms with Crippen molar-refractivity contribution >= 4 is 35.5 Å². The first-order valence-corrected chi connectivity index (χ1v) is 11.7. The lowest BCUT2D eigenvalue weighted by atomic mass is 10.1. The Kier molecular flexibility index (Phi) is 8.34. The molecule has 1 aliphatic heterocycles. The number of aliphatic carboxylic acids is 1. The third-order valence-electron chi connectivity index (χ3n) is 5.44. The number of halogens is 2.